The van der Waals surface area contributed by atoms with Gasteiger partial charge in [0.15, 0.2) is 11.5 Å². The molecule has 1 amide bonds. The van der Waals surface area contributed by atoms with Crippen LogP contribution in [0.4, 0.5) is 5.69 Å². The van der Waals surface area contributed by atoms with Crippen molar-refractivity contribution in [1.82, 2.24) is 20.2 Å². The second kappa shape index (κ2) is 8.22. The molecule has 3 aromatic rings. The molecule has 0 bridgehead atoms. The van der Waals surface area contributed by atoms with Gasteiger partial charge in [0.1, 0.15) is 0 Å². The Balaban J connectivity index is 1.22. The lowest BCUT2D eigenvalue weighted by Gasteiger charge is -2.31. The minimum absolute atomic E-state index is 0.143. The van der Waals surface area contributed by atoms with E-state index in [1.807, 2.05) is 49.4 Å². The van der Waals surface area contributed by atoms with Crippen LogP contribution in [0.5, 0.6) is 11.5 Å². The number of rotatable bonds is 5. The van der Waals surface area contributed by atoms with Gasteiger partial charge in [0.05, 0.1) is 11.4 Å². The van der Waals surface area contributed by atoms with Gasteiger partial charge in [0, 0.05) is 24.6 Å². The summed E-state index contributed by atoms with van der Waals surface area (Å²) in [5.74, 6) is 0.953. The van der Waals surface area contributed by atoms with Crippen molar-refractivity contribution in [2.24, 2.45) is 0 Å². The summed E-state index contributed by atoms with van der Waals surface area (Å²) in [6.07, 6.45) is 5.23. The van der Waals surface area contributed by atoms with E-state index in [1.54, 1.807) is 4.68 Å². The fourth-order valence-corrected chi connectivity index (χ4v) is 4.70. The molecule has 31 heavy (non-hydrogen) atoms. The number of aromatic nitrogens is 4. The van der Waals surface area contributed by atoms with Crippen LogP contribution in [0.3, 0.4) is 0 Å². The summed E-state index contributed by atoms with van der Waals surface area (Å²) in [6.45, 7) is 2.00. The lowest BCUT2D eigenvalue weighted by atomic mass is 9.94. The van der Waals surface area contributed by atoms with Crippen LogP contribution in [-0.2, 0) is 4.79 Å². The van der Waals surface area contributed by atoms with Crippen molar-refractivity contribution < 1.29 is 14.3 Å². The molecule has 1 N–H and O–H groups in total. The average Bonchev–Trinajstić information content (AvgIpc) is 3.37. The van der Waals surface area contributed by atoms with Crippen molar-refractivity contribution in [3.63, 3.8) is 0 Å². The van der Waals surface area contributed by atoms with E-state index < -0.39 is 5.79 Å². The quantitative estimate of drug-likeness (QED) is 0.600. The van der Waals surface area contributed by atoms with E-state index in [9.17, 15) is 4.79 Å². The first-order valence-electron chi connectivity index (χ1n) is 10.4. The molecule has 1 saturated carbocycles. The third-order valence-corrected chi connectivity index (χ3v) is 6.47. The Labute approximate surface area is 184 Å². The van der Waals surface area contributed by atoms with Crippen LogP contribution >= 0.6 is 11.8 Å². The van der Waals surface area contributed by atoms with Crippen molar-refractivity contribution in [3.05, 3.63) is 48.0 Å². The largest absolute Gasteiger partial charge is 0.448 e. The summed E-state index contributed by atoms with van der Waals surface area (Å²) in [7, 11) is 0. The summed E-state index contributed by atoms with van der Waals surface area (Å²) in [6, 6.07) is 13.4. The van der Waals surface area contributed by atoms with E-state index in [2.05, 4.69) is 20.8 Å². The van der Waals surface area contributed by atoms with Gasteiger partial charge in [-0.2, -0.15) is 4.68 Å². The van der Waals surface area contributed by atoms with Gasteiger partial charge in [-0.05, 0) is 54.0 Å². The molecule has 0 radical (unpaired) electrons. The number of tetrazole rings is 1. The first kappa shape index (κ1) is 19.9. The highest BCUT2D eigenvalue weighted by Crippen LogP contribution is 2.46. The molecule has 8 nitrogen and oxygen atoms in total. The Morgan fingerprint density at radius 3 is 2.77 bits per heavy atom. The molecular formula is C22H23N5O3S. The molecule has 2 aromatic carbocycles. The topological polar surface area (TPSA) is 91.2 Å². The standard InChI is InChI=1S/C22H23N5O3S/c1-15-7-3-4-8-17(15)27-21(24-25-26-27)31-14-20(28)23-16-9-10-18-19(13-16)30-22(29-18)11-5-2-6-12-22/h3-4,7-10,13H,2,5-6,11-12,14H2,1H3,(H,23,28). The fourth-order valence-electron chi connectivity index (χ4n) is 4.01. The van der Waals surface area contributed by atoms with Crippen LogP contribution < -0.4 is 14.8 Å². The van der Waals surface area contributed by atoms with Crippen LogP contribution in [0, 0.1) is 6.92 Å². The molecule has 1 spiro atoms. The van der Waals surface area contributed by atoms with Crippen LogP contribution in [0.25, 0.3) is 5.69 Å². The van der Waals surface area contributed by atoms with Gasteiger partial charge in [0.2, 0.25) is 11.1 Å². The first-order chi connectivity index (χ1) is 15.1. The highest BCUT2D eigenvalue weighted by Gasteiger charge is 2.42. The minimum Gasteiger partial charge on any atom is -0.448 e. The number of fused-ring (bicyclic) bond motifs is 1. The van der Waals surface area contributed by atoms with E-state index >= 15 is 0 Å². The van der Waals surface area contributed by atoms with E-state index in [1.165, 1.54) is 18.2 Å². The number of anilines is 1. The van der Waals surface area contributed by atoms with Gasteiger partial charge in [-0.1, -0.05) is 36.4 Å². The number of para-hydroxylation sites is 1. The molecule has 1 aromatic heterocycles. The van der Waals surface area contributed by atoms with Crippen molar-refractivity contribution in [1.29, 1.82) is 0 Å². The number of benzene rings is 2. The smallest absolute Gasteiger partial charge is 0.251 e. The lowest BCUT2D eigenvalue weighted by Crippen LogP contribution is -2.40. The van der Waals surface area contributed by atoms with Gasteiger partial charge in [-0.25, -0.2) is 0 Å². The minimum atomic E-state index is -0.522. The fraction of sp³-hybridized carbons (Fsp3) is 0.364. The molecule has 0 unspecified atom stereocenters. The van der Waals surface area contributed by atoms with Crippen LogP contribution in [0.15, 0.2) is 47.6 Å². The molecule has 1 aliphatic heterocycles. The zero-order valence-electron chi connectivity index (χ0n) is 17.2. The Morgan fingerprint density at radius 2 is 1.94 bits per heavy atom. The number of nitrogens with zero attached hydrogens (tertiary/aromatic N) is 4. The van der Waals surface area contributed by atoms with Crippen LogP contribution in [0.2, 0.25) is 0 Å². The summed E-state index contributed by atoms with van der Waals surface area (Å²) < 4.78 is 13.9. The highest BCUT2D eigenvalue weighted by molar-refractivity contribution is 7.99. The third-order valence-electron chi connectivity index (χ3n) is 5.55. The second-order valence-electron chi connectivity index (χ2n) is 7.83. The van der Waals surface area contributed by atoms with Gasteiger partial charge >= 0.3 is 0 Å². The third kappa shape index (κ3) is 4.10. The number of carbonyl (C=O) groups is 1. The number of nitrogens with one attached hydrogen (secondary N) is 1. The number of thioether (sulfide) groups is 1. The number of amides is 1. The Hall–Kier alpha value is -3.07. The molecule has 1 fully saturated rings. The van der Waals surface area contributed by atoms with E-state index in [4.69, 9.17) is 9.47 Å². The zero-order chi connectivity index (χ0) is 21.3. The lowest BCUT2D eigenvalue weighted by molar-refractivity contribution is -0.113. The van der Waals surface area contributed by atoms with E-state index in [-0.39, 0.29) is 11.7 Å². The summed E-state index contributed by atoms with van der Waals surface area (Å²) in [4.78, 5) is 12.5. The van der Waals surface area contributed by atoms with Gasteiger partial charge in [0.25, 0.3) is 5.79 Å². The molecular weight excluding hydrogens is 414 g/mol. The van der Waals surface area contributed by atoms with Crippen LogP contribution in [0.1, 0.15) is 37.7 Å². The van der Waals surface area contributed by atoms with Crippen molar-refractivity contribution in [3.8, 4) is 17.2 Å². The van der Waals surface area contributed by atoms with Crippen LogP contribution in [-0.4, -0.2) is 37.7 Å². The molecule has 2 aliphatic rings. The summed E-state index contributed by atoms with van der Waals surface area (Å²) in [5.41, 5.74) is 2.62. The maximum atomic E-state index is 12.5. The SMILES string of the molecule is Cc1ccccc1-n1nnnc1SCC(=O)Nc1ccc2c(c1)OC1(CCCCC1)O2. The molecule has 5 rings (SSSR count). The Kier molecular flexibility index (Phi) is 5.27. The van der Waals surface area contributed by atoms with E-state index in [0.717, 1.165) is 42.7 Å². The summed E-state index contributed by atoms with van der Waals surface area (Å²) >= 11 is 1.29. The van der Waals surface area contributed by atoms with Gasteiger partial charge in [-0.15, -0.1) is 5.10 Å². The molecule has 9 heteroatoms. The molecule has 0 atom stereocenters. The monoisotopic (exact) mass is 437 g/mol. The van der Waals surface area contributed by atoms with Crippen molar-refractivity contribution in [2.75, 3.05) is 11.1 Å². The highest BCUT2D eigenvalue weighted by atomic mass is 32.2. The number of hydrogen-bond acceptors (Lipinski definition) is 7. The molecule has 160 valence electrons. The molecule has 2 heterocycles. The normalized spacial score (nSPS) is 16.4. The zero-order valence-corrected chi connectivity index (χ0v) is 18.0. The van der Waals surface area contributed by atoms with Crippen molar-refractivity contribution in [2.45, 2.75) is 50.0 Å². The predicted octanol–water partition coefficient (Wildman–Crippen LogP) is 4.13. The van der Waals surface area contributed by atoms with E-state index in [0.29, 0.717) is 16.6 Å². The number of carbonyl (C=O) groups excluding carboxylic acids is 1. The Bertz CT molecular complexity index is 1110. The summed E-state index contributed by atoms with van der Waals surface area (Å²) in [5, 5.41) is 15.4. The second-order valence-corrected chi connectivity index (χ2v) is 8.78. The predicted molar refractivity (Wildman–Crippen MR) is 117 cm³/mol. The van der Waals surface area contributed by atoms with Crippen molar-refractivity contribution >= 4 is 23.4 Å². The number of aryl methyl sites for hydroxylation is 1. The average molecular weight is 438 g/mol. The Morgan fingerprint density at radius 1 is 1.13 bits per heavy atom. The number of ether oxygens (including phenoxy) is 2. The molecule has 0 saturated heterocycles. The molecule has 1 aliphatic carbocycles. The maximum Gasteiger partial charge on any atom is 0.251 e. The first-order valence-corrected chi connectivity index (χ1v) is 11.4. The van der Waals surface area contributed by atoms with Gasteiger partial charge in [-0.3, -0.25) is 4.79 Å². The van der Waals surface area contributed by atoms with Gasteiger partial charge < -0.3 is 14.8 Å². The number of hydrogen-bond donors (Lipinski definition) is 1. The maximum absolute atomic E-state index is 12.5.